The van der Waals surface area contributed by atoms with Crippen molar-refractivity contribution in [2.75, 3.05) is 0 Å². The van der Waals surface area contributed by atoms with Gasteiger partial charge in [0.15, 0.2) is 0 Å². The summed E-state index contributed by atoms with van der Waals surface area (Å²) >= 11 is 9.57. The number of ether oxygens (including phenoxy) is 1. The van der Waals surface area contributed by atoms with Gasteiger partial charge in [-0.05, 0) is 71.6 Å². The van der Waals surface area contributed by atoms with E-state index in [1.54, 1.807) is 6.20 Å². The third kappa shape index (κ3) is 2.85. The molecule has 2 aromatic rings. The molecular weight excluding hydrogens is 314 g/mol. The van der Waals surface area contributed by atoms with Crippen LogP contribution in [0.4, 0.5) is 0 Å². The first-order valence-electron chi connectivity index (χ1n) is 5.54. The fourth-order valence-corrected chi connectivity index (χ4v) is 2.33. The minimum atomic E-state index is 0.557. The van der Waals surface area contributed by atoms with Crippen molar-refractivity contribution in [2.45, 2.75) is 20.8 Å². The number of aromatic nitrogens is 1. The molecule has 0 atom stereocenters. The number of aryl methyl sites for hydroxylation is 3. The summed E-state index contributed by atoms with van der Waals surface area (Å²) in [6, 6.07) is 5.78. The van der Waals surface area contributed by atoms with E-state index in [1.165, 1.54) is 0 Å². The largest absolute Gasteiger partial charge is 0.438 e. The summed E-state index contributed by atoms with van der Waals surface area (Å²) in [5.74, 6) is 1.30. The fraction of sp³-hybridized carbons (Fsp3) is 0.214. The predicted octanol–water partition coefficient (Wildman–Crippen LogP) is 5.22. The Morgan fingerprint density at radius 1 is 1.11 bits per heavy atom. The van der Waals surface area contributed by atoms with Crippen molar-refractivity contribution in [3.63, 3.8) is 0 Å². The molecule has 1 aromatic heterocycles. The summed E-state index contributed by atoms with van der Waals surface area (Å²) < 4.78 is 6.60. The second-order valence-electron chi connectivity index (χ2n) is 4.27. The van der Waals surface area contributed by atoms with Crippen LogP contribution in [0.15, 0.2) is 28.9 Å². The third-order valence-corrected chi connectivity index (χ3v) is 3.73. The van der Waals surface area contributed by atoms with E-state index in [4.69, 9.17) is 16.3 Å². The van der Waals surface area contributed by atoms with Gasteiger partial charge in [0, 0.05) is 11.2 Å². The Labute approximate surface area is 120 Å². The molecule has 1 heterocycles. The molecule has 0 saturated heterocycles. The van der Waals surface area contributed by atoms with Crippen LogP contribution in [-0.4, -0.2) is 4.98 Å². The topological polar surface area (TPSA) is 22.1 Å². The van der Waals surface area contributed by atoms with Crippen LogP contribution in [0.2, 0.25) is 5.02 Å². The Morgan fingerprint density at radius 2 is 1.72 bits per heavy atom. The Kier molecular flexibility index (Phi) is 3.93. The minimum Gasteiger partial charge on any atom is -0.438 e. The maximum Gasteiger partial charge on any atom is 0.233 e. The molecule has 0 fully saturated rings. The normalized spacial score (nSPS) is 10.5. The second kappa shape index (κ2) is 5.29. The minimum absolute atomic E-state index is 0.557. The molecule has 0 aliphatic heterocycles. The molecule has 0 radical (unpaired) electrons. The zero-order chi connectivity index (χ0) is 13.3. The first kappa shape index (κ1) is 13.4. The number of hydrogen-bond acceptors (Lipinski definition) is 2. The van der Waals surface area contributed by atoms with Crippen molar-refractivity contribution < 1.29 is 4.74 Å². The first-order chi connectivity index (χ1) is 8.47. The van der Waals surface area contributed by atoms with E-state index in [1.807, 2.05) is 39.0 Å². The van der Waals surface area contributed by atoms with E-state index < -0.39 is 0 Å². The van der Waals surface area contributed by atoms with Crippen molar-refractivity contribution in [2.24, 2.45) is 0 Å². The average Bonchev–Trinajstić information content (AvgIpc) is 2.29. The van der Waals surface area contributed by atoms with Crippen LogP contribution in [0.5, 0.6) is 11.6 Å². The molecule has 0 spiro atoms. The van der Waals surface area contributed by atoms with Gasteiger partial charge in [-0.3, -0.25) is 0 Å². The zero-order valence-electron chi connectivity index (χ0n) is 10.4. The lowest BCUT2D eigenvalue weighted by molar-refractivity contribution is 0.458. The molecule has 0 saturated carbocycles. The van der Waals surface area contributed by atoms with E-state index in [2.05, 4.69) is 20.9 Å². The second-order valence-corrected chi connectivity index (χ2v) is 5.51. The summed E-state index contributed by atoms with van der Waals surface area (Å²) in [6.07, 6.45) is 1.77. The Hall–Kier alpha value is -1.06. The molecule has 2 rings (SSSR count). The molecular formula is C14H13BrClNO. The maximum absolute atomic E-state index is 6.12. The summed E-state index contributed by atoms with van der Waals surface area (Å²) in [5, 5.41) is 0.776. The van der Waals surface area contributed by atoms with E-state index in [0.29, 0.717) is 5.88 Å². The van der Waals surface area contributed by atoms with Crippen LogP contribution in [0.1, 0.15) is 16.7 Å². The summed E-state index contributed by atoms with van der Waals surface area (Å²) in [6.45, 7) is 5.90. The average molecular weight is 327 g/mol. The number of benzene rings is 1. The van der Waals surface area contributed by atoms with E-state index >= 15 is 0 Å². The highest BCUT2D eigenvalue weighted by atomic mass is 79.9. The molecule has 0 aliphatic carbocycles. The monoisotopic (exact) mass is 325 g/mol. The number of pyridine rings is 1. The number of halogens is 2. The number of nitrogens with zero attached hydrogens (tertiary/aromatic N) is 1. The van der Waals surface area contributed by atoms with Crippen molar-refractivity contribution in [1.82, 2.24) is 4.98 Å². The molecule has 0 N–H and O–H groups in total. The Balaban J connectivity index is 2.34. The van der Waals surface area contributed by atoms with E-state index in [0.717, 1.165) is 31.9 Å². The first-order valence-corrected chi connectivity index (χ1v) is 6.71. The lowest BCUT2D eigenvalue weighted by Gasteiger charge is -2.10. The van der Waals surface area contributed by atoms with Gasteiger partial charge in [0.1, 0.15) is 5.75 Å². The standard InChI is InChI=1S/C14H13BrClNO/c1-8-4-12(15)14(17-7-8)18-11-5-9(2)13(16)10(3)6-11/h4-7H,1-3H3. The quantitative estimate of drug-likeness (QED) is 0.755. The SMILES string of the molecule is Cc1cnc(Oc2cc(C)c(Cl)c(C)c2)c(Br)c1. The van der Waals surface area contributed by atoms with Crippen LogP contribution in [0.3, 0.4) is 0 Å². The molecule has 0 amide bonds. The smallest absolute Gasteiger partial charge is 0.233 e. The number of hydrogen-bond donors (Lipinski definition) is 0. The van der Waals surface area contributed by atoms with Crippen molar-refractivity contribution in [1.29, 1.82) is 0 Å². The molecule has 94 valence electrons. The molecule has 0 aliphatic rings. The lowest BCUT2D eigenvalue weighted by Crippen LogP contribution is -1.92. The van der Waals surface area contributed by atoms with Crippen LogP contribution < -0.4 is 4.74 Å². The maximum atomic E-state index is 6.12. The zero-order valence-corrected chi connectivity index (χ0v) is 12.8. The highest BCUT2D eigenvalue weighted by Crippen LogP contribution is 2.31. The van der Waals surface area contributed by atoms with Crippen LogP contribution >= 0.6 is 27.5 Å². The Bertz CT molecular complexity index is 575. The van der Waals surface area contributed by atoms with Crippen molar-refractivity contribution in [3.05, 3.63) is 50.6 Å². The molecule has 2 nitrogen and oxygen atoms in total. The van der Waals surface area contributed by atoms with Crippen LogP contribution in [0.25, 0.3) is 0 Å². The summed E-state index contributed by atoms with van der Waals surface area (Å²) in [5.41, 5.74) is 3.07. The summed E-state index contributed by atoms with van der Waals surface area (Å²) in [7, 11) is 0. The van der Waals surface area contributed by atoms with E-state index in [-0.39, 0.29) is 0 Å². The van der Waals surface area contributed by atoms with Gasteiger partial charge in [-0.25, -0.2) is 4.98 Å². The molecule has 4 heteroatoms. The molecule has 18 heavy (non-hydrogen) atoms. The van der Waals surface area contributed by atoms with Crippen molar-refractivity contribution in [3.8, 4) is 11.6 Å². The third-order valence-electron chi connectivity index (χ3n) is 2.57. The lowest BCUT2D eigenvalue weighted by atomic mass is 10.1. The van der Waals surface area contributed by atoms with Gasteiger partial charge in [-0.15, -0.1) is 0 Å². The number of rotatable bonds is 2. The van der Waals surface area contributed by atoms with Gasteiger partial charge in [0.25, 0.3) is 0 Å². The van der Waals surface area contributed by atoms with Crippen LogP contribution in [-0.2, 0) is 0 Å². The van der Waals surface area contributed by atoms with E-state index in [9.17, 15) is 0 Å². The fourth-order valence-electron chi connectivity index (χ4n) is 1.67. The van der Waals surface area contributed by atoms with Crippen molar-refractivity contribution >= 4 is 27.5 Å². The van der Waals surface area contributed by atoms with Gasteiger partial charge >= 0.3 is 0 Å². The predicted molar refractivity (Wildman–Crippen MR) is 77.7 cm³/mol. The van der Waals surface area contributed by atoms with Gasteiger partial charge in [0.2, 0.25) is 5.88 Å². The van der Waals surface area contributed by atoms with Gasteiger partial charge in [0.05, 0.1) is 4.47 Å². The Morgan fingerprint density at radius 3 is 2.28 bits per heavy atom. The van der Waals surface area contributed by atoms with Gasteiger partial charge in [-0.1, -0.05) is 11.6 Å². The van der Waals surface area contributed by atoms with Crippen LogP contribution in [0, 0.1) is 20.8 Å². The highest BCUT2D eigenvalue weighted by molar-refractivity contribution is 9.10. The summed E-state index contributed by atoms with van der Waals surface area (Å²) in [4.78, 5) is 4.25. The van der Waals surface area contributed by atoms with Gasteiger partial charge < -0.3 is 4.74 Å². The van der Waals surface area contributed by atoms with Gasteiger partial charge in [-0.2, -0.15) is 0 Å². The molecule has 0 unspecified atom stereocenters. The molecule has 0 bridgehead atoms. The highest BCUT2D eigenvalue weighted by Gasteiger charge is 2.08. The molecule has 1 aromatic carbocycles.